The third-order valence-electron chi connectivity index (χ3n) is 3.55. The first-order valence-corrected chi connectivity index (χ1v) is 6.99. The van der Waals surface area contributed by atoms with E-state index in [1.807, 2.05) is 24.3 Å². The maximum absolute atomic E-state index is 10.9. The molecule has 4 heteroatoms. The number of benzene rings is 1. The highest BCUT2D eigenvalue weighted by Gasteiger charge is 2.13. The molecule has 0 radical (unpaired) electrons. The van der Waals surface area contributed by atoms with Gasteiger partial charge in [-0.25, -0.2) is 9.78 Å². The quantitative estimate of drug-likeness (QED) is 0.884. The first-order valence-electron chi connectivity index (χ1n) is 6.99. The fourth-order valence-electron chi connectivity index (χ4n) is 2.09. The molecule has 1 aromatic carbocycles. The maximum Gasteiger partial charge on any atom is 0.337 e. The van der Waals surface area contributed by atoms with Crippen LogP contribution in [0.15, 0.2) is 36.5 Å². The number of nitrogens with zero attached hydrogens (tertiary/aromatic N) is 1. The minimum atomic E-state index is -0.989. The van der Waals surface area contributed by atoms with E-state index in [1.54, 1.807) is 13.0 Å². The molecule has 0 bridgehead atoms. The lowest BCUT2D eigenvalue weighted by Crippen LogP contribution is -2.01. The number of aromatic carboxylic acids is 1. The van der Waals surface area contributed by atoms with Gasteiger partial charge < -0.3 is 9.84 Å². The first-order chi connectivity index (χ1) is 10.0. The molecule has 2 rings (SSSR count). The van der Waals surface area contributed by atoms with E-state index >= 15 is 0 Å². The average Bonchev–Trinajstić information content (AvgIpc) is 2.49. The van der Waals surface area contributed by atoms with Crippen LogP contribution in [0.1, 0.15) is 47.7 Å². The van der Waals surface area contributed by atoms with E-state index in [-0.39, 0.29) is 5.56 Å². The van der Waals surface area contributed by atoms with E-state index in [4.69, 9.17) is 9.84 Å². The molecule has 4 nitrogen and oxygen atoms in total. The Bertz CT molecular complexity index is 652. The molecule has 0 fully saturated rings. The largest absolute Gasteiger partial charge is 0.478 e. The van der Waals surface area contributed by atoms with Crippen LogP contribution in [-0.2, 0) is 0 Å². The molecule has 21 heavy (non-hydrogen) atoms. The fraction of sp³-hybridized carbons (Fsp3) is 0.294. The van der Waals surface area contributed by atoms with Crippen molar-refractivity contribution in [2.24, 2.45) is 0 Å². The highest BCUT2D eigenvalue weighted by atomic mass is 16.5. The number of carboxylic acid groups (broad SMARTS) is 1. The monoisotopic (exact) mass is 285 g/mol. The number of para-hydroxylation sites is 1. The van der Waals surface area contributed by atoms with Crippen molar-refractivity contribution in [1.29, 1.82) is 0 Å². The molecule has 0 amide bonds. The van der Waals surface area contributed by atoms with Crippen molar-refractivity contribution >= 4 is 5.97 Å². The molecule has 1 unspecified atom stereocenters. The Labute approximate surface area is 124 Å². The van der Waals surface area contributed by atoms with Gasteiger partial charge in [-0.05, 0) is 37.0 Å². The summed E-state index contributed by atoms with van der Waals surface area (Å²) in [5.41, 5.74) is 1.99. The van der Waals surface area contributed by atoms with E-state index in [0.29, 0.717) is 17.4 Å². The summed E-state index contributed by atoms with van der Waals surface area (Å²) < 4.78 is 5.89. The van der Waals surface area contributed by atoms with Crippen LogP contribution in [0.25, 0.3) is 0 Å². The Morgan fingerprint density at radius 1 is 1.38 bits per heavy atom. The van der Waals surface area contributed by atoms with Crippen molar-refractivity contribution < 1.29 is 14.6 Å². The number of aryl methyl sites for hydroxylation is 1. The van der Waals surface area contributed by atoms with Gasteiger partial charge in [0, 0.05) is 11.8 Å². The van der Waals surface area contributed by atoms with E-state index < -0.39 is 5.97 Å². The Balaban J connectivity index is 2.33. The van der Waals surface area contributed by atoms with Gasteiger partial charge in [-0.15, -0.1) is 0 Å². The lowest BCUT2D eigenvalue weighted by molar-refractivity contribution is 0.0696. The number of carboxylic acids is 1. The number of hydrogen-bond acceptors (Lipinski definition) is 3. The normalized spacial score (nSPS) is 12.0. The standard InChI is InChI=1S/C17H19NO3/c1-4-11(2)14-7-5-6-8-15(14)21-16-12(3)9-13(10-18-16)17(19)20/h5-11H,4H2,1-3H3,(H,19,20). The second-order valence-electron chi connectivity index (χ2n) is 5.10. The summed E-state index contributed by atoms with van der Waals surface area (Å²) in [7, 11) is 0. The number of aromatic nitrogens is 1. The molecule has 0 spiro atoms. The van der Waals surface area contributed by atoms with Crippen molar-refractivity contribution in [2.45, 2.75) is 33.1 Å². The second-order valence-corrected chi connectivity index (χ2v) is 5.10. The van der Waals surface area contributed by atoms with Crippen molar-refractivity contribution in [1.82, 2.24) is 4.98 Å². The van der Waals surface area contributed by atoms with Crippen LogP contribution >= 0.6 is 0 Å². The lowest BCUT2D eigenvalue weighted by Gasteiger charge is -2.15. The zero-order valence-electron chi connectivity index (χ0n) is 12.5. The third-order valence-corrected chi connectivity index (χ3v) is 3.55. The molecule has 1 heterocycles. The van der Waals surface area contributed by atoms with Crippen LogP contribution < -0.4 is 4.74 Å². The van der Waals surface area contributed by atoms with Crippen LogP contribution in [-0.4, -0.2) is 16.1 Å². The minimum Gasteiger partial charge on any atom is -0.478 e. The van der Waals surface area contributed by atoms with Crippen molar-refractivity contribution in [3.05, 3.63) is 53.2 Å². The number of ether oxygens (including phenoxy) is 1. The number of hydrogen-bond donors (Lipinski definition) is 1. The van der Waals surface area contributed by atoms with Gasteiger partial charge in [-0.2, -0.15) is 0 Å². The SMILES string of the molecule is CCC(C)c1ccccc1Oc1ncc(C(=O)O)cc1C. The van der Waals surface area contributed by atoms with Crippen LogP contribution in [0.5, 0.6) is 11.6 Å². The Kier molecular flexibility index (Phi) is 4.58. The van der Waals surface area contributed by atoms with Gasteiger partial charge in [0.2, 0.25) is 5.88 Å². The summed E-state index contributed by atoms with van der Waals surface area (Å²) in [5, 5.41) is 8.96. The molecule has 1 atom stereocenters. The molecule has 0 saturated heterocycles. The maximum atomic E-state index is 10.9. The predicted octanol–water partition coefficient (Wildman–Crippen LogP) is 4.39. The summed E-state index contributed by atoms with van der Waals surface area (Å²) in [6, 6.07) is 9.43. The van der Waals surface area contributed by atoms with Crippen molar-refractivity contribution in [2.75, 3.05) is 0 Å². The summed E-state index contributed by atoms with van der Waals surface area (Å²) in [6.07, 6.45) is 2.33. The molecule has 110 valence electrons. The average molecular weight is 285 g/mol. The Morgan fingerprint density at radius 3 is 2.71 bits per heavy atom. The molecule has 0 saturated carbocycles. The van der Waals surface area contributed by atoms with Gasteiger partial charge in [-0.3, -0.25) is 0 Å². The summed E-state index contributed by atoms with van der Waals surface area (Å²) in [5.74, 6) is 0.609. The van der Waals surface area contributed by atoms with Gasteiger partial charge in [0.05, 0.1) is 5.56 Å². The number of carbonyl (C=O) groups is 1. The lowest BCUT2D eigenvalue weighted by atomic mass is 9.98. The van der Waals surface area contributed by atoms with Gasteiger partial charge in [0.15, 0.2) is 0 Å². The summed E-state index contributed by atoms with van der Waals surface area (Å²) in [4.78, 5) is 15.0. The van der Waals surface area contributed by atoms with Gasteiger partial charge >= 0.3 is 5.97 Å². The summed E-state index contributed by atoms with van der Waals surface area (Å²) >= 11 is 0. The number of rotatable bonds is 5. The van der Waals surface area contributed by atoms with Crippen LogP contribution in [0.4, 0.5) is 0 Å². The molecule has 2 aromatic rings. The highest BCUT2D eigenvalue weighted by Crippen LogP contribution is 2.32. The Hall–Kier alpha value is -2.36. The molecular formula is C17H19NO3. The zero-order valence-corrected chi connectivity index (χ0v) is 12.5. The zero-order chi connectivity index (χ0) is 15.4. The Morgan fingerprint density at radius 2 is 2.10 bits per heavy atom. The fourth-order valence-corrected chi connectivity index (χ4v) is 2.09. The van der Waals surface area contributed by atoms with Gasteiger partial charge in [0.1, 0.15) is 5.75 Å². The van der Waals surface area contributed by atoms with E-state index in [1.165, 1.54) is 6.20 Å². The van der Waals surface area contributed by atoms with E-state index in [9.17, 15) is 4.79 Å². The molecule has 0 aliphatic rings. The molecule has 0 aliphatic heterocycles. The molecular weight excluding hydrogens is 266 g/mol. The van der Waals surface area contributed by atoms with Crippen LogP contribution in [0, 0.1) is 6.92 Å². The second kappa shape index (κ2) is 6.39. The van der Waals surface area contributed by atoms with E-state index in [2.05, 4.69) is 18.8 Å². The first kappa shape index (κ1) is 15.0. The third kappa shape index (κ3) is 3.40. The smallest absolute Gasteiger partial charge is 0.337 e. The van der Waals surface area contributed by atoms with Crippen LogP contribution in [0.2, 0.25) is 0 Å². The number of pyridine rings is 1. The van der Waals surface area contributed by atoms with Crippen molar-refractivity contribution in [3.8, 4) is 11.6 Å². The van der Waals surface area contributed by atoms with E-state index in [0.717, 1.165) is 17.7 Å². The molecule has 1 aromatic heterocycles. The van der Waals surface area contributed by atoms with Gasteiger partial charge in [-0.1, -0.05) is 32.0 Å². The van der Waals surface area contributed by atoms with Crippen molar-refractivity contribution in [3.63, 3.8) is 0 Å². The minimum absolute atomic E-state index is 0.162. The topological polar surface area (TPSA) is 59.4 Å². The highest BCUT2D eigenvalue weighted by molar-refractivity contribution is 5.87. The van der Waals surface area contributed by atoms with Crippen LogP contribution in [0.3, 0.4) is 0 Å². The molecule has 0 aliphatic carbocycles. The predicted molar refractivity (Wildman–Crippen MR) is 81.2 cm³/mol. The van der Waals surface area contributed by atoms with Gasteiger partial charge in [0.25, 0.3) is 0 Å². The summed E-state index contributed by atoms with van der Waals surface area (Å²) in [6.45, 7) is 6.07. The molecule has 1 N–H and O–H groups in total.